The first kappa shape index (κ1) is 19.2. The fourth-order valence-electron chi connectivity index (χ4n) is 8.13. The first-order chi connectivity index (χ1) is 15.4. The van der Waals surface area contributed by atoms with E-state index in [9.17, 15) is 9.90 Å². The van der Waals surface area contributed by atoms with Crippen molar-refractivity contribution in [2.45, 2.75) is 75.1 Å². The highest BCUT2D eigenvalue weighted by Crippen LogP contribution is 2.69. The van der Waals surface area contributed by atoms with E-state index in [1.165, 1.54) is 22.1 Å². The lowest BCUT2D eigenvalue weighted by atomic mass is 9.58. The average Bonchev–Trinajstić information content (AvgIpc) is 3.24. The van der Waals surface area contributed by atoms with Crippen molar-refractivity contribution in [2.24, 2.45) is 11.3 Å². The van der Waals surface area contributed by atoms with Gasteiger partial charge in [0, 0.05) is 42.5 Å². The van der Waals surface area contributed by atoms with Crippen molar-refractivity contribution in [2.75, 3.05) is 0 Å². The number of carbonyl (C=O) groups excluding carboxylic acids is 1. The number of aliphatic hydroxyl groups excluding tert-OH is 1. The fraction of sp³-hybridized carbons (Fsp3) is 0.500. The Kier molecular flexibility index (Phi) is 3.71. The monoisotopic (exact) mass is 427 g/mol. The summed E-state index contributed by atoms with van der Waals surface area (Å²) in [6.07, 6.45) is 13.7. The lowest BCUT2D eigenvalue weighted by Gasteiger charge is -2.53. The van der Waals surface area contributed by atoms with Gasteiger partial charge in [-0.15, -0.1) is 0 Å². The zero-order valence-electron chi connectivity index (χ0n) is 18.5. The summed E-state index contributed by atoms with van der Waals surface area (Å²) < 4.78 is 7.05. The third kappa shape index (κ3) is 2.30. The number of ketones is 1. The number of rotatable bonds is 1. The van der Waals surface area contributed by atoms with E-state index in [0.29, 0.717) is 18.6 Å². The Morgan fingerprint density at radius 3 is 2.97 bits per heavy atom. The number of Topliss-reactive ketones (excluding diaryl/α,β-unsaturated/α-hetero) is 1. The van der Waals surface area contributed by atoms with Gasteiger partial charge in [-0.1, -0.05) is 31.2 Å². The largest absolute Gasteiger partial charge is 0.392 e. The second-order valence-electron chi connectivity index (χ2n) is 11.1. The molecular weight excluding hydrogens is 398 g/mol. The number of benzene rings is 1. The van der Waals surface area contributed by atoms with E-state index in [1.807, 2.05) is 18.5 Å². The Labute approximate surface area is 188 Å². The lowest BCUT2D eigenvalue weighted by molar-refractivity contribution is -0.146. The van der Waals surface area contributed by atoms with Crippen LogP contribution in [0.25, 0.3) is 10.8 Å². The number of fused-ring (bicyclic) bond motifs is 2. The van der Waals surface area contributed by atoms with Gasteiger partial charge in [0.25, 0.3) is 0 Å². The van der Waals surface area contributed by atoms with Crippen LogP contribution in [-0.2, 0) is 9.53 Å². The van der Waals surface area contributed by atoms with Crippen molar-refractivity contribution in [3.8, 4) is 0 Å². The summed E-state index contributed by atoms with van der Waals surface area (Å²) in [7, 11) is 0. The number of hydrogen-bond donors (Lipinski definition) is 1. The van der Waals surface area contributed by atoms with Gasteiger partial charge in [0.1, 0.15) is 5.78 Å². The third-order valence-corrected chi connectivity index (χ3v) is 9.55. The second-order valence-corrected chi connectivity index (χ2v) is 11.1. The van der Waals surface area contributed by atoms with Gasteiger partial charge >= 0.3 is 0 Å². The predicted molar refractivity (Wildman–Crippen MR) is 122 cm³/mol. The molecule has 2 saturated carbocycles. The molecule has 0 amide bonds. The average molecular weight is 428 g/mol. The molecule has 0 radical (unpaired) electrons. The van der Waals surface area contributed by atoms with Crippen molar-refractivity contribution in [3.05, 3.63) is 65.5 Å². The van der Waals surface area contributed by atoms with Crippen LogP contribution in [0.4, 0.5) is 0 Å². The van der Waals surface area contributed by atoms with E-state index in [2.05, 4.69) is 42.3 Å². The van der Waals surface area contributed by atoms with Gasteiger partial charge < -0.3 is 9.84 Å². The molecule has 2 aliphatic heterocycles. The van der Waals surface area contributed by atoms with Gasteiger partial charge in [0.15, 0.2) is 0 Å². The zero-order valence-corrected chi connectivity index (χ0v) is 18.5. The van der Waals surface area contributed by atoms with Crippen molar-refractivity contribution < 1.29 is 14.6 Å². The number of nitrogens with zero attached hydrogens (tertiary/aromatic N) is 1. The number of allylic oxidation sites excluding steroid dienone is 1. The molecule has 3 fully saturated rings. The molecule has 32 heavy (non-hydrogen) atoms. The minimum atomic E-state index is -0.403. The molecule has 2 bridgehead atoms. The highest BCUT2D eigenvalue weighted by Gasteiger charge is 2.68. The highest BCUT2D eigenvalue weighted by molar-refractivity contribution is 5.83. The molecule has 4 heteroatoms. The van der Waals surface area contributed by atoms with Crippen LogP contribution < -0.4 is 0 Å². The van der Waals surface area contributed by atoms with Gasteiger partial charge in [-0.3, -0.25) is 9.78 Å². The van der Waals surface area contributed by atoms with Crippen molar-refractivity contribution in [1.82, 2.24) is 4.98 Å². The third-order valence-electron chi connectivity index (χ3n) is 9.55. The van der Waals surface area contributed by atoms with Gasteiger partial charge in [-0.2, -0.15) is 0 Å². The molecule has 1 N–H and O–H groups in total. The summed E-state index contributed by atoms with van der Waals surface area (Å²) in [5.74, 6) is 0.635. The van der Waals surface area contributed by atoms with Crippen LogP contribution in [-0.4, -0.2) is 33.2 Å². The van der Waals surface area contributed by atoms with Gasteiger partial charge in [-0.25, -0.2) is 0 Å². The molecule has 2 spiro atoms. The van der Waals surface area contributed by atoms with Crippen LogP contribution in [0.15, 0.2) is 60.0 Å². The summed E-state index contributed by atoms with van der Waals surface area (Å²) in [5, 5.41) is 13.7. The summed E-state index contributed by atoms with van der Waals surface area (Å²) in [6.45, 7) is 2.35. The van der Waals surface area contributed by atoms with E-state index >= 15 is 0 Å². The molecule has 164 valence electrons. The molecule has 1 saturated heterocycles. The molecule has 7 rings (SSSR count). The summed E-state index contributed by atoms with van der Waals surface area (Å²) >= 11 is 0. The molecule has 5 aliphatic rings. The molecule has 0 unspecified atom stereocenters. The predicted octanol–water partition coefficient (Wildman–Crippen LogP) is 5.02. The Morgan fingerprint density at radius 1 is 1.16 bits per heavy atom. The van der Waals surface area contributed by atoms with Crippen molar-refractivity contribution in [3.63, 3.8) is 0 Å². The number of aliphatic hydroxyl groups is 1. The quantitative estimate of drug-likeness (QED) is 0.695. The van der Waals surface area contributed by atoms with Crippen molar-refractivity contribution >= 4 is 16.6 Å². The number of hydrogen-bond acceptors (Lipinski definition) is 4. The van der Waals surface area contributed by atoms with Gasteiger partial charge in [0.2, 0.25) is 0 Å². The smallest absolute Gasteiger partial charge is 0.136 e. The fourth-order valence-corrected chi connectivity index (χ4v) is 8.13. The van der Waals surface area contributed by atoms with Crippen LogP contribution in [0, 0.1) is 11.3 Å². The minimum absolute atomic E-state index is 0.0581. The maximum absolute atomic E-state index is 12.4. The second kappa shape index (κ2) is 6.18. The Bertz CT molecular complexity index is 1230. The first-order valence-corrected chi connectivity index (χ1v) is 12.1. The number of ether oxygens (including phenoxy) is 1. The number of pyridine rings is 1. The van der Waals surface area contributed by atoms with Crippen LogP contribution in [0.1, 0.15) is 63.4 Å². The van der Waals surface area contributed by atoms with Crippen molar-refractivity contribution in [1.29, 1.82) is 0 Å². The number of aromatic nitrogens is 1. The standard InChI is InChI=1S/C28H29NO3/c1-26-8-6-21-13-20-4-5-22(30)15-27(20)9-10-28(21,32-27)24(26)14-23(31)25(26)18-3-2-17-7-11-29-16-19(17)12-18/h2-3,6-7,11-13,16,23-25,31H,4-5,8-10,14-15H2,1H3/t23-,24-,25+,26+,27-,28-/m1/s1. The summed E-state index contributed by atoms with van der Waals surface area (Å²) in [5.41, 5.74) is 3.01. The molecular formula is C28H29NO3. The van der Waals surface area contributed by atoms with Gasteiger partial charge in [0.05, 0.1) is 17.3 Å². The van der Waals surface area contributed by atoms with E-state index in [4.69, 9.17) is 4.74 Å². The molecule has 6 atom stereocenters. The normalized spacial score (nSPS) is 42.2. The minimum Gasteiger partial charge on any atom is -0.392 e. The Hall–Kier alpha value is -2.30. The van der Waals surface area contributed by atoms with E-state index in [1.54, 1.807) is 0 Å². The SMILES string of the molecule is C[C@]12CC=C3C=C4CCC(=O)C[C@]45CC[C@]3(O5)[C@@H]1C[C@@H](O)[C@@H]2c1ccc2ccncc2c1. The van der Waals surface area contributed by atoms with E-state index in [0.717, 1.165) is 37.5 Å². The summed E-state index contributed by atoms with van der Waals surface area (Å²) in [4.78, 5) is 16.7. The molecule has 2 aromatic rings. The van der Waals surface area contributed by atoms with Gasteiger partial charge in [-0.05, 0) is 71.7 Å². The van der Waals surface area contributed by atoms with E-state index in [-0.39, 0.29) is 28.5 Å². The molecule has 3 heterocycles. The molecule has 1 aromatic heterocycles. The molecule has 3 aliphatic carbocycles. The van der Waals surface area contributed by atoms with Crippen LogP contribution in [0.5, 0.6) is 0 Å². The molecule has 1 aromatic carbocycles. The van der Waals surface area contributed by atoms with Crippen LogP contribution >= 0.6 is 0 Å². The highest BCUT2D eigenvalue weighted by atomic mass is 16.5. The first-order valence-electron chi connectivity index (χ1n) is 12.1. The number of carbonyl (C=O) groups is 1. The topological polar surface area (TPSA) is 59.4 Å². The Morgan fingerprint density at radius 2 is 2.06 bits per heavy atom. The lowest BCUT2D eigenvalue weighted by Crippen LogP contribution is -2.53. The maximum Gasteiger partial charge on any atom is 0.136 e. The molecule has 4 nitrogen and oxygen atoms in total. The van der Waals surface area contributed by atoms with Crippen LogP contribution in [0.3, 0.4) is 0 Å². The van der Waals surface area contributed by atoms with E-state index < -0.39 is 6.10 Å². The Balaban J connectivity index is 1.34. The zero-order chi connectivity index (χ0) is 21.7. The van der Waals surface area contributed by atoms with Crippen LogP contribution in [0.2, 0.25) is 0 Å². The maximum atomic E-state index is 12.4. The summed E-state index contributed by atoms with van der Waals surface area (Å²) in [6, 6.07) is 8.60.